The van der Waals surface area contributed by atoms with Crippen molar-refractivity contribution in [1.29, 1.82) is 0 Å². The first-order chi connectivity index (χ1) is 15.0. The van der Waals surface area contributed by atoms with Gasteiger partial charge in [0.05, 0.1) is 24.1 Å². The van der Waals surface area contributed by atoms with E-state index >= 15 is 0 Å². The van der Waals surface area contributed by atoms with Gasteiger partial charge in [-0.05, 0) is 61.2 Å². The second kappa shape index (κ2) is 7.71. The molecule has 5 nitrogen and oxygen atoms in total. The Bertz CT molecular complexity index is 1250. The molecule has 6 heteroatoms. The topological polar surface area (TPSA) is 64.3 Å². The maximum atomic E-state index is 11.9. The van der Waals surface area contributed by atoms with Gasteiger partial charge < -0.3 is 14.4 Å². The fourth-order valence-electron chi connectivity index (χ4n) is 4.48. The first-order valence-corrected chi connectivity index (χ1v) is 11.1. The van der Waals surface area contributed by atoms with E-state index in [2.05, 4.69) is 28.8 Å². The number of carboxylic acids is 1. The van der Waals surface area contributed by atoms with Crippen LogP contribution in [0.15, 0.2) is 60.0 Å². The number of hydrogen-bond acceptors (Lipinski definition) is 4. The van der Waals surface area contributed by atoms with Crippen LogP contribution >= 0.6 is 11.3 Å². The smallest absolute Gasteiger partial charge is 0.337 e. The third kappa shape index (κ3) is 3.43. The number of rotatable bonds is 5. The molecule has 1 aliphatic rings. The highest BCUT2D eigenvalue weighted by atomic mass is 32.1. The minimum Gasteiger partial charge on any atom is -0.497 e. The van der Waals surface area contributed by atoms with Crippen molar-refractivity contribution in [2.24, 2.45) is 0 Å². The summed E-state index contributed by atoms with van der Waals surface area (Å²) in [5.74, 6) is -0.101. The van der Waals surface area contributed by atoms with Crippen molar-refractivity contribution in [3.8, 4) is 27.7 Å². The summed E-state index contributed by atoms with van der Waals surface area (Å²) in [4.78, 5) is 16.8. The molecule has 0 amide bonds. The highest BCUT2D eigenvalue weighted by Gasteiger charge is 2.29. The first kappa shape index (κ1) is 19.6. The lowest BCUT2D eigenvalue weighted by molar-refractivity contribution is 0.0696. The standard InChI is InChI=1S/C25H22N2O3S/c1-15-21(25(28)29)13-23(27(15)19-11-17-5-3-4-6-18(17)12-19)22-14-31-24(26-22)16-7-9-20(30-2)10-8-16/h3-10,13-14,19H,11-12H2,1-2H3,(H,28,29). The number of benzene rings is 2. The van der Waals surface area contributed by atoms with Crippen molar-refractivity contribution in [2.45, 2.75) is 25.8 Å². The van der Waals surface area contributed by atoms with Gasteiger partial charge in [-0.25, -0.2) is 9.78 Å². The molecule has 0 radical (unpaired) electrons. The average molecular weight is 431 g/mol. The molecule has 2 heterocycles. The second-order valence-corrected chi connectivity index (χ2v) is 8.66. The Hall–Kier alpha value is -3.38. The summed E-state index contributed by atoms with van der Waals surface area (Å²) in [6.07, 6.45) is 1.79. The molecule has 4 aromatic rings. The van der Waals surface area contributed by atoms with E-state index in [9.17, 15) is 9.90 Å². The van der Waals surface area contributed by atoms with Gasteiger partial charge >= 0.3 is 5.97 Å². The SMILES string of the molecule is COc1ccc(-c2nc(-c3cc(C(=O)O)c(C)n3C3Cc4ccccc4C3)cs2)cc1. The van der Waals surface area contributed by atoms with Crippen molar-refractivity contribution >= 4 is 17.3 Å². The van der Waals surface area contributed by atoms with Gasteiger partial charge in [0.2, 0.25) is 0 Å². The van der Waals surface area contributed by atoms with Crippen molar-refractivity contribution in [3.63, 3.8) is 0 Å². The average Bonchev–Trinajstić information content (AvgIpc) is 3.50. The molecule has 0 atom stereocenters. The van der Waals surface area contributed by atoms with E-state index in [1.54, 1.807) is 24.5 Å². The molecule has 31 heavy (non-hydrogen) atoms. The van der Waals surface area contributed by atoms with Crippen LogP contribution in [0, 0.1) is 6.92 Å². The number of carboxylic acid groups (broad SMARTS) is 1. The zero-order valence-corrected chi connectivity index (χ0v) is 18.1. The Kier molecular flexibility index (Phi) is 4.87. The van der Waals surface area contributed by atoms with Crippen molar-refractivity contribution in [2.75, 3.05) is 7.11 Å². The lowest BCUT2D eigenvalue weighted by Crippen LogP contribution is -2.13. The minimum absolute atomic E-state index is 0.187. The molecule has 0 fully saturated rings. The van der Waals surface area contributed by atoms with Crippen LogP contribution in [0.25, 0.3) is 22.0 Å². The fourth-order valence-corrected chi connectivity index (χ4v) is 5.30. The van der Waals surface area contributed by atoms with Gasteiger partial charge in [-0.15, -0.1) is 11.3 Å². The molecule has 1 aliphatic carbocycles. The molecule has 0 aliphatic heterocycles. The van der Waals surface area contributed by atoms with E-state index < -0.39 is 5.97 Å². The molecule has 5 rings (SSSR count). The maximum Gasteiger partial charge on any atom is 0.337 e. The van der Waals surface area contributed by atoms with Crippen LogP contribution in [0.2, 0.25) is 0 Å². The number of nitrogens with zero attached hydrogens (tertiary/aromatic N) is 2. The Morgan fingerprint density at radius 3 is 2.42 bits per heavy atom. The van der Waals surface area contributed by atoms with E-state index in [4.69, 9.17) is 9.72 Å². The van der Waals surface area contributed by atoms with Gasteiger partial charge in [-0.2, -0.15) is 0 Å². The number of thiazole rings is 1. The van der Waals surface area contributed by atoms with Crippen LogP contribution < -0.4 is 4.74 Å². The fraction of sp³-hybridized carbons (Fsp3) is 0.200. The Balaban J connectivity index is 1.56. The van der Waals surface area contributed by atoms with Crippen molar-refractivity contribution in [1.82, 2.24) is 9.55 Å². The molecule has 2 aromatic carbocycles. The summed E-state index contributed by atoms with van der Waals surface area (Å²) in [5.41, 5.74) is 6.47. The van der Waals surface area contributed by atoms with E-state index in [0.29, 0.717) is 5.56 Å². The molecule has 2 aromatic heterocycles. The lowest BCUT2D eigenvalue weighted by Gasteiger charge is -2.18. The third-order valence-corrected chi connectivity index (χ3v) is 6.91. The summed E-state index contributed by atoms with van der Waals surface area (Å²) in [6.45, 7) is 1.90. The van der Waals surface area contributed by atoms with Gasteiger partial charge in [0.25, 0.3) is 0 Å². The van der Waals surface area contributed by atoms with Crippen molar-refractivity contribution < 1.29 is 14.6 Å². The number of ether oxygens (including phenoxy) is 1. The van der Waals surface area contributed by atoms with Crippen LogP contribution in [0.5, 0.6) is 5.75 Å². The molecule has 0 spiro atoms. The number of hydrogen-bond donors (Lipinski definition) is 1. The Labute approximate surface area is 184 Å². The van der Waals surface area contributed by atoms with Gasteiger partial charge in [-0.1, -0.05) is 24.3 Å². The molecule has 156 valence electrons. The molecule has 0 unspecified atom stereocenters. The highest BCUT2D eigenvalue weighted by molar-refractivity contribution is 7.13. The van der Waals surface area contributed by atoms with Crippen LogP contribution in [0.1, 0.15) is 33.2 Å². The van der Waals surface area contributed by atoms with Gasteiger partial charge in [0.15, 0.2) is 0 Å². The number of aromatic carboxylic acids is 1. The predicted molar refractivity (Wildman–Crippen MR) is 122 cm³/mol. The molecule has 0 saturated heterocycles. The normalized spacial score (nSPS) is 13.4. The van der Waals surface area contributed by atoms with Gasteiger partial charge in [0.1, 0.15) is 10.8 Å². The zero-order chi connectivity index (χ0) is 21.5. The summed E-state index contributed by atoms with van der Waals surface area (Å²) in [5, 5.41) is 12.7. The highest BCUT2D eigenvalue weighted by Crippen LogP contribution is 2.38. The number of fused-ring (bicyclic) bond motifs is 1. The third-order valence-electron chi connectivity index (χ3n) is 6.02. The van der Waals surface area contributed by atoms with Gasteiger partial charge in [0, 0.05) is 22.7 Å². The number of methoxy groups -OCH3 is 1. The zero-order valence-electron chi connectivity index (χ0n) is 17.3. The van der Waals surface area contributed by atoms with E-state index in [1.165, 1.54) is 11.1 Å². The first-order valence-electron chi connectivity index (χ1n) is 10.2. The van der Waals surface area contributed by atoms with Crippen LogP contribution in [0.3, 0.4) is 0 Å². The maximum absolute atomic E-state index is 11.9. The molecule has 0 bridgehead atoms. The molecule has 1 N–H and O–H groups in total. The van der Waals surface area contributed by atoms with E-state index in [-0.39, 0.29) is 6.04 Å². The molecule has 0 saturated carbocycles. The van der Waals surface area contributed by atoms with Crippen LogP contribution in [-0.2, 0) is 12.8 Å². The van der Waals surface area contributed by atoms with E-state index in [0.717, 1.165) is 46.2 Å². The summed E-state index contributed by atoms with van der Waals surface area (Å²) in [6, 6.07) is 18.2. The number of carbonyl (C=O) groups is 1. The van der Waals surface area contributed by atoms with Gasteiger partial charge in [-0.3, -0.25) is 0 Å². The van der Waals surface area contributed by atoms with Crippen molar-refractivity contribution in [3.05, 3.63) is 82.4 Å². The summed E-state index contributed by atoms with van der Waals surface area (Å²) < 4.78 is 7.42. The Morgan fingerprint density at radius 1 is 1.13 bits per heavy atom. The second-order valence-electron chi connectivity index (χ2n) is 7.80. The quantitative estimate of drug-likeness (QED) is 0.445. The number of aromatic nitrogens is 2. The predicted octanol–water partition coefficient (Wildman–Crippen LogP) is 5.63. The minimum atomic E-state index is -0.904. The lowest BCUT2D eigenvalue weighted by atomic mass is 10.1. The molecular weight excluding hydrogens is 408 g/mol. The summed E-state index contributed by atoms with van der Waals surface area (Å²) in [7, 11) is 1.65. The van der Waals surface area contributed by atoms with Crippen LogP contribution in [0.4, 0.5) is 0 Å². The largest absolute Gasteiger partial charge is 0.497 e. The summed E-state index contributed by atoms with van der Waals surface area (Å²) >= 11 is 1.56. The Morgan fingerprint density at radius 2 is 1.81 bits per heavy atom. The monoisotopic (exact) mass is 430 g/mol. The molecular formula is C25H22N2O3S. The van der Waals surface area contributed by atoms with Crippen LogP contribution in [-0.4, -0.2) is 27.7 Å². The van der Waals surface area contributed by atoms with E-state index in [1.807, 2.05) is 36.6 Å².